The molecule has 2 aliphatic heterocycles. The number of rotatable bonds is 6. The summed E-state index contributed by atoms with van der Waals surface area (Å²) in [6, 6.07) is 5.49. The number of β-amino-alcohol motifs (C(OH)–C–C–N with tert-alkyl or cyclic N) is 2. The van der Waals surface area contributed by atoms with E-state index in [0.717, 1.165) is 37.3 Å². The highest BCUT2D eigenvalue weighted by Crippen LogP contribution is 2.31. The molecule has 0 radical (unpaired) electrons. The Morgan fingerprint density at radius 2 is 1.96 bits per heavy atom. The molecule has 1 saturated heterocycles. The second kappa shape index (κ2) is 7.39. The van der Waals surface area contributed by atoms with Crippen LogP contribution in [0.3, 0.4) is 0 Å². The van der Waals surface area contributed by atoms with E-state index in [0.29, 0.717) is 18.7 Å². The molecular formula is C18H27N3O4. The van der Waals surface area contributed by atoms with Gasteiger partial charge in [-0.2, -0.15) is 0 Å². The molecule has 25 heavy (non-hydrogen) atoms. The van der Waals surface area contributed by atoms with Crippen molar-refractivity contribution in [3.8, 4) is 0 Å². The number of carbonyl (C=O) groups is 1. The monoisotopic (exact) mass is 349 g/mol. The number of nitrogens with one attached hydrogen (secondary N) is 1. The van der Waals surface area contributed by atoms with Gasteiger partial charge in [-0.15, -0.1) is 0 Å². The molecule has 2 atom stereocenters. The second-order valence-electron chi connectivity index (χ2n) is 7.01. The second-order valence-corrected chi connectivity index (χ2v) is 7.01. The number of aliphatic hydroxyl groups is 2. The molecule has 1 aromatic rings. The van der Waals surface area contributed by atoms with E-state index >= 15 is 0 Å². The van der Waals surface area contributed by atoms with Crippen LogP contribution in [0.5, 0.6) is 0 Å². The molecule has 0 aromatic heterocycles. The Morgan fingerprint density at radius 1 is 1.28 bits per heavy atom. The fourth-order valence-electron chi connectivity index (χ4n) is 3.62. The molecular weight excluding hydrogens is 322 g/mol. The lowest BCUT2D eigenvalue weighted by Crippen LogP contribution is -2.50. The fourth-order valence-corrected chi connectivity index (χ4v) is 3.62. The average molecular weight is 349 g/mol. The molecule has 2 heterocycles. The van der Waals surface area contributed by atoms with Gasteiger partial charge in [0, 0.05) is 57.5 Å². The Labute approximate surface area is 148 Å². The summed E-state index contributed by atoms with van der Waals surface area (Å²) in [4.78, 5) is 16.5. The third kappa shape index (κ3) is 3.86. The van der Waals surface area contributed by atoms with Crippen LogP contribution in [0.15, 0.2) is 18.2 Å². The molecule has 2 aliphatic rings. The van der Waals surface area contributed by atoms with E-state index in [1.807, 2.05) is 12.1 Å². The summed E-state index contributed by atoms with van der Waals surface area (Å²) in [7, 11) is 1.56. The van der Waals surface area contributed by atoms with Crippen molar-refractivity contribution >= 4 is 5.91 Å². The minimum absolute atomic E-state index is 0.169. The highest BCUT2D eigenvalue weighted by atomic mass is 16.5. The van der Waals surface area contributed by atoms with Gasteiger partial charge in [-0.3, -0.25) is 14.6 Å². The molecule has 0 saturated carbocycles. The molecule has 0 aliphatic carbocycles. The van der Waals surface area contributed by atoms with Gasteiger partial charge >= 0.3 is 0 Å². The van der Waals surface area contributed by atoms with Gasteiger partial charge in [0.2, 0.25) is 0 Å². The number of carbonyl (C=O) groups excluding carboxylic acids is 1. The molecule has 7 heteroatoms. The Kier molecular flexibility index (Phi) is 5.41. The van der Waals surface area contributed by atoms with Crippen molar-refractivity contribution < 1.29 is 19.7 Å². The Hall–Kier alpha value is -1.51. The number of methoxy groups -OCH3 is 1. The normalized spacial score (nSPS) is 24.0. The third-order valence-electron chi connectivity index (χ3n) is 5.11. The van der Waals surface area contributed by atoms with Crippen LogP contribution >= 0.6 is 0 Å². The first-order chi connectivity index (χ1) is 11.9. The van der Waals surface area contributed by atoms with Crippen molar-refractivity contribution in [1.29, 1.82) is 0 Å². The number of amides is 1. The zero-order chi connectivity index (χ0) is 18.0. The van der Waals surface area contributed by atoms with Crippen molar-refractivity contribution in [2.45, 2.75) is 18.8 Å². The number of hydrogen-bond acceptors (Lipinski definition) is 6. The summed E-state index contributed by atoms with van der Waals surface area (Å²) in [5, 5.41) is 22.8. The predicted octanol–water partition coefficient (Wildman–Crippen LogP) is -0.108. The van der Waals surface area contributed by atoms with Crippen LogP contribution in [0.4, 0.5) is 0 Å². The number of ether oxygens (including phenoxy) is 1. The lowest BCUT2D eigenvalue weighted by atomic mass is 9.92. The molecule has 7 nitrogen and oxygen atoms in total. The van der Waals surface area contributed by atoms with E-state index in [1.54, 1.807) is 20.1 Å². The predicted molar refractivity (Wildman–Crippen MR) is 93.2 cm³/mol. The first-order valence-corrected chi connectivity index (χ1v) is 8.70. The van der Waals surface area contributed by atoms with Crippen molar-refractivity contribution in [3.63, 3.8) is 0 Å². The van der Waals surface area contributed by atoms with Crippen LogP contribution in [0, 0.1) is 0 Å². The smallest absolute Gasteiger partial charge is 0.253 e. The molecule has 3 rings (SSSR count). The summed E-state index contributed by atoms with van der Waals surface area (Å²) < 4.78 is 5.26. The van der Waals surface area contributed by atoms with E-state index in [9.17, 15) is 9.90 Å². The number of fused-ring (bicyclic) bond motifs is 1. The molecule has 1 amide bonds. The summed E-state index contributed by atoms with van der Waals surface area (Å²) in [6.07, 6.45) is -0.416. The van der Waals surface area contributed by atoms with E-state index in [-0.39, 0.29) is 12.5 Å². The van der Waals surface area contributed by atoms with Crippen molar-refractivity contribution in [3.05, 3.63) is 34.9 Å². The number of benzene rings is 1. The highest BCUT2D eigenvalue weighted by Gasteiger charge is 2.33. The lowest BCUT2D eigenvalue weighted by Gasteiger charge is -2.38. The van der Waals surface area contributed by atoms with Crippen LogP contribution in [0.1, 0.15) is 34.6 Å². The maximum Gasteiger partial charge on any atom is 0.253 e. The van der Waals surface area contributed by atoms with Crippen LogP contribution in [-0.4, -0.2) is 78.9 Å². The fraction of sp³-hybridized carbons (Fsp3) is 0.611. The number of hydrogen-bond donors (Lipinski definition) is 3. The third-order valence-corrected chi connectivity index (χ3v) is 5.11. The van der Waals surface area contributed by atoms with Gasteiger partial charge in [0.15, 0.2) is 6.23 Å². The zero-order valence-corrected chi connectivity index (χ0v) is 14.9. The van der Waals surface area contributed by atoms with Crippen LogP contribution in [0.25, 0.3) is 0 Å². The van der Waals surface area contributed by atoms with E-state index < -0.39 is 11.8 Å². The van der Waals surface area contributed by atoms with Crippen molar-refractivity contribution in [1.82, 2.24) is 15.1 Å². The summed E-state index contributed by atoms with van der Waals surface area (Å²) in [5.41, 5.74) is 1.07. The van der Waals surface area contributed by atoms with Crippen molar-refractivity contribution in [2.75, 3.05) is 53.0 Å². The van der Waals surface area contributed by atoms with Gasteiger partial charge in [0.1, 0.15) is 0 Å². The van der Waals surface area contributed by atoms with Gasteiger partial charge in [-0.05, 0) is 18.6 Å². The molecule has 138 valence electrons. The van der Waals surface area contributed by atoms with Gasteiger partial charge in [0.05, 0.1) is 12.2 Å². The summed E-state index contributed by atoms with van der Waals surface area (Å²) in [5.74, 6) is -0.169. The molecule has 1 fully saturated rings. The molecule has 0 bridgehead atoms. The van der Waals surface area contributed by atoms with Gasteiger partial charge in [0.25, 0.3) is 5.91 Å². The van der Waals surface area contributed by atoms with Crippen LogP contribution in [0.2, 0.25) is 0 Å². The summed E-state index contributed by atoms with van der Waals surface area (Å²) in [6.45, 7) is 6.66. The molecule has 2 unspecified atom stereocenters. The van der Waals surface area contributed by atoms with Gasteiger partial charge < -0.3 is 20.3 Å². The number of nitrogens with zero attached hydrogens (tertiary/aromatic N) is 2. The minimum Gasteiger partial charge on any atom is -0.395 e. The molecule has 1 aromatic carbocycles. The topological polar surface area (TPSA) is 85.3 Å². The van der Waals surface area contributed by atoms with Gasteiger partial charge in [-0.1, -0.05) is 12.1 Å². The van der Waals surface area contributed by atoms with E-state index in [1.165, 1.54) is 0 Å². The number of aliphatic hydroxyl groups excluding tert-OH is 1. The van der Waals surface area contributed by atoms with E-state index in [2.05, 4.69) is 15.1 Å². The Bertz CT molecular complexity index is 627. The SMILES string of the molecule is COC1NC(=O)c2cc(C(C)(O)CN3CCN(CCO)CC3)ccc21. The first-order valence-electron chi connectivity index (χ1n) is 8.70. The van der Waals surface area contributed by atoms with E-state index in [4.69, 9.17) is 9.84 Å². The largest absolute Gasteiger partial charge is 0.395 e. The minimum atomic E-state index is -1.04. The first kappa shape index (κ1) is 18.3. The quantitative estimate of drug-likeness (QED) is 0.665. The van der Waals surface area contributed by atoms with Crippen molar-refractivity contribution in [2.24, 2.45) is 0 Å². The summed E-state index contributed by atoms with van der Waals surface area (Å²) >= 11 is 0. The maximum absolute atomic E-state index is 12.1. The Balaban J connectivity index is 1.69. The average Bonchev–Trinajstić information content (AvgIpc) is 2.92. The Morgan fingerprint density at radius 3 is 2.60 bits per heavy atom. The van der Waals surface area contributed by atoms with Gasteiger partial charge in [-0.25, -0.2) is 0 Å². The highest BCUT2D eigenvalue weighted by molar-refractivity contribution is 5.99. The van der Waals surface area contributed by atoms with Crippen LogP contribution < -0.4 is 5.32 Å². The lowest BCUT2D eigenvalue weighted by molar-refractivity contribution is -0.00103. The maximum atomic E-state index is 12.1. The number of piperazine rings is 1. The van der Waals surface area contributed by atoms with Crippen LogP contribution in [-0.2, 0) is 10.3 Å². The zero-order valence-electron chi connectivity index (χ0n) is 14.9. The molecule has 0 spiro atoms. The standard InChI is InChI=1S/C18H27N3O4/c1-18(24,12-21-7-5-20(6-8-21)9-10-22)13-3-4-14-15(11-13)16(23)19-17(14)25-2/h3-4,11,17,22,24H,5-10,12H2,1-2H3,(H,19,23). The molecule has 3 N–H and O–H groups in total.